The zero-order valence-corrected chi connectivity index (χ0v) is 13.4. The van der Waals surface area contributed by atoms with Crippen molar-refractivity contribution in [3.63, 3.8) is 0 Å². The first-order valence-electron chi connectivity index (χ1n) is 8.09. The first kappa shape index (κ1) is 18.6. The molecule has 1 fully saturated rings. The summed E-state index contributed by atoms with van der Waals surface area (Å²) in [6, 6.07) is 5.27. The maximum atomic E-state index is 12.9. The van der Waals surface area contributed by atoms with Crippen molar-refractivity contribution in [3.05, 3.63) is 29.8 Å². The lowest BCUT2D eigenvalue weighted by atomic mass is 9.97. The summed E-state index contributed by atoms with van der Waals surface area (Å²) in [6.45, 7) is 2.68. The van der Waals surface area contributed by atoms with Gasteiger partial charge < -0.3 is 14.7 Å². The molecule has 2 rings (SSSR count). The molecule has 24 heavy (non-hydrogen) atoms. The Bertz CT molecular complexity index is 540. The van der Waals surface area contributed by atoms with E-state index in [0.29, 0.717) is 6.42 Å². The number of alkyl halides is 3. The normalized spacial score (nSPS) is 17.0. The van der Waals surface area contributed by atoms with Crippen LogP contribution in [0.25, 0.3) is 0 Å². The van der Waals surface area contributed by atoms with Crippen LogP contribution in [-0.2, 0) is 11.0 Å². The minimum Gasteiger partial charge on any atom is -0.493 e. The van der Waals surface area contributed by atoms with Crippen molar-refractivity contribution in [2.45, 2.75) is 31.9 Å². The van der Waals surface area contributed by atoms with Crippen LogP contribution in [0.1, 0.15) is 31.2 Å². The molecule has 1 aliphatic rings. The molecular weight excluding hydrogens is 323 g/mol. The molecule has 0 bridgehead atoms. The van der Waals surface area contributed by atoms with E-state index in [-0.39, 0.29) is 24.7 Å². The van der Waals surface area contributed by atoms with E-state index in [1.54, 1.807) is 0 Å². The van der Waals surface area contributed by atoms with Crippen molar-refractivity contribution in [3.8, 4) is 5.75 Å². The van der Waals surface area contributed by atoms with Crippen LogP contribution in [0.5, 0.6) is 5.75 Å². The van der Waals surface area contributed by atoms with Gasteiger partial charge in [-0.3, -0.25) is 4.79 Å². The zero-order valence-electron chi connectivity index (χ0n) is 13.4. The Labute approximate surface area is 139 Å². The van der Waals surface area contributed by atoms with Gasteiger partial charge in [-0.1, -0.05) is 12.1 Å². The van der Waals surface area contributed by atoms with Crippen LogP contribution >= 0.6 is 0 Å². The molecule has 0 aliphatic carbocycles. The Morgan fingerprint density at radius 3 is 2.54 bits per heavy atom. The van der Waals surface area contributed by atoms with Gasteiger partial charge in [0.2, 0.25) is 0 Å². The third-order valence-electron chi connectivity index (χ3n) is 4.24. The van der Waals surface area contributed by atoms with Gasteiger partial charge in [0, 0.05) is 6.42 Å². The Hall–Kier alpha value is -1.76. The number of carboxylic acids is 1. The molecule has 1 aliphatic heterocycles. The van der Waals surface area contributed by atoms with E-state index in [1.807, 2.05) is 0 Å². The molecule has 0 radical (unpaired) electrons. The number of hydrogen-bond acceptors (Lipinski definition) is 3. The number of hydrogen-bond donors (Lipinski definition) is 1. The van der Waals surface area contributed by atoms with E-state index < -0.39 is 17.7 Å². The topological polar surface area (TPSA) is 49.8 Å². The smallest absolute Gasteiger partial charge is 0.419 e. The van der Waals surface area contributed by atoms with Crippen molar-refractivity contribution in [2.75, 3.05) is 26.2 Å². The summed E-state index contributed by atoms with van der Waals surface area (Å²) in [4.78, 5) is 12.7. The lowest BCUT2D eigenvalue weighted by Gasteiger charge is -2.31. The van der Waals surface area contributed by atoms with Gasteiger partial charge in [-0.15, -0.1) is 0 Å². The standard InChI is InChI=1S/C17H22F3NO3/c18-17(19,20)14-4-1-2-5-15(14)24-12-13-7-10-21(11-8-13)9-3-6-16(22)23/h1-2,4-5,13H,3,6-12H2,(H,22,23). The SMILES string of the molecule is O=C(O)CCCN1CCC(COc2ccccc2C(F)(F)F)CC1. The molecule has 0 spiro atoms. The highest BCUT2D eigenvalue weighted by molar-refractivity contribution is 5.66. The van der Waals surface area contributed by atoms with Gasteiger partial charge in [-0.25, -0.2) is 0 Å². The number of likely N-dealkylation sites (tertiary alicyclic amines) is 1. The number of para-hydroxylation sites is 1. The summed E-state index contributed by atoms with van der Waals surface area (Å²) in [5.74, 6) is -0.683. The lowest BCUT2D eigenvalue weighted by molar-refractivity contribution is -0.139. The van der Waals surface area contributed by atoms with Crippen LogP contribution in [0.3, 0.4) is 0 Å². The Kier molecular flexibility index (Phi) is 6.48. The maximum absolute atomic E-state index is 12.9. The molecule has 0 atom stereocenters. The highest BCUT2D eigenvalue weighted by Gasteiger charge is 2.34. The molecule has 7 heteroatoms. The van der Waals surface area contributed by atoms with Crippen LogP contribution in [0.15, 0.2) is 24.3 Å². The van der Waals surface area contributed by atoms with Crippen LogP contribution in [0, 0.1) is 5.92 Å². The number of benzene rings is 1. The fraction of sp³-hybridized carbons (Fsp3) is 0.588. The van der Waals surface area contributed by atoms with E-state index in [9.17, 15) is 18.0 Å². The van der Waals surface area contributed by atoms with Crippen LogP contribution < -0.4 is 4.74 Å². The average Bonchev–Trinajstić information content (AvgIpc) is 2.53. The first-order valence-corrected chi connectivity index (χ1v) is 8.09. The number of rotatable bonds is 7. The van der Waals surface area contributed by atoms with Gasteiger partial charge in [-0.05, 0) is 56.9 Å². The van der Waals surface area contributed by atoms with Crippen molar-refractivity contribution < 1.29 is 27.8 Å². The molecule has 0 unspecified atom stereocenters. The fourth-order valence-electron chi connectivity index (χ4n) is 2.86. The van der Waals surface area contributed by atoms with E-state index >= 15 is 0 Å². The van der Waals surface area contributed by atoms with Crippen LogP contribution in [0.2, 0.25) is 0 Å². The average molecular weight is 345 g/mol. The monoisotopic (exact) mass is 345 g/mol. The van der Waals surface area contributed by atoms with Gasteiger partial charge in [-0.2, -0.15) is 13.2 Å². The van der Waals surface area contributed by atoms with Crippen molar-refractivity contribution in [1.29, 1.82) is 0 Å². The molecule has 0 amide bonds. The van der Waals surface area contributed by atoms with E-state index in [1.165, 1.54) is 18.2 Å². The quantitative estimate of drug-likeness (QED) is 0.819. The number of aliphatic carboxylic acids is 1. The molecular formula is C17H22F3NO3. The molecule has 1 aromatic carbocycles. The lowest BCUT2D eigenvalue weighted by Crippen LogP contribution is -2.36. The number of carbonyl (C=O) groups is 1. The summed E-state index contributed by atoms with van der Waals surface area (Å²) >= 11 is 0. The molecule has 134 valence electrons. The van der Waals surface area contributed by atoms with Gasteiger partial charge in [0.15, 0.2) is 0 Å². The third kappa shape index (κ3) is 5.70. The molecule has 0 aromatic heterocycles. The number of nitrogens with zero attached hydrogens (tertiary/aromatic N) is 1. The third-order valence-corrected chi connectivity index (χ3v) is 4.24. The van der Waals surface area contributed by atoms with Crippen molar-refractivity contribution in [1.82, 2.24) is 4.90 Å². The van der Waals surface area contributed by atoms with Gasteiger partial charge in [0.05, 0.1) is 12.2 Å². The second-order valence-corrected chi connectivity index (χ2v) is 6.09. The molecule has 1 aromatic rings. The Balaban J connectivity index is 1.76. The Morgan fingerprint density at radius 2 is 1.92 bits per heavy atom. The maximum Gasteiger partial charge on any atom is 0.419 e. The first-order chi connectivity index (χ1) is 11.4. The van der Waals surface area contributed by atoms with E-state index in [4.69, 9.17) is 9.84 Å². The minimum absolute atomic E-state index is 0.117. The second-order valence-electron chi connectivity index (χ2n) is 6.09. The largest absolute Gasteiger partial charge is 0.493 e. The highest BCUT2D eigenvalue weighted by atomic mass is 19.4. The van der Waals surface area contributed by atoms with Crippen LogP contribution in [-0.4, -0.2) is 42.2 Å². The van der Waals surface area contributed by atoms with Crippen molar-refractivity contribution in [2.24, 2.45) is 5.92 Å². The van der Waals surface area contributed by atoms with Crippen molar-refractivity contribution >= 4 is 5.97 Å². The Morgan fingerprint density at radius 1 is 1.25 bits per heavy atom. The summed E-state index contributed by atoms with van der Waals surface area (Å²) in [5.41, 5.74) is -0.740. The number of ether oxygens (including phenoxy) is 1. The predicted octanol–water partition coefficient (Wildman–Crippen LogP) is 3.66. The second kappa shape index (κ2) is 8.37. The minimum atomic E-state index is -4.41. The summed E-state index contributed by atoms with van der Waals surface area (Å²) in [5, 5.41) is 8.63. The molecule has 1 heterocycles. The molecule has 1 N–H and O–H groups in total. The van der Waals surface area contributed by atoms with Crippen LogP contribution in [0.4, 0.5) is 13.2 Å². The molecule has 0 saturated carbocycles. The van der Waals surface area contributed by atoms with Gasteiger partial charge in [0.1, 0.15) is 5.75 Å². The van der Waals surface area contributed by atoms with E-state index in [0.717, 1.165) is 38.5 Å². The summed E-state index contributed by atoms with van der Waals surface area (Å²) in [7, 11) is 0. The zero-order chi connectivity index (χ0) is 17.6. The molecule has 1 saturated heterocycles. The summed E-state index contributed by atoms with van der Waals surface area (Å²) < 4.78 is 44.2. The molecule has 4 nitrogen and oxygen atoms in total. The van der Waals surface area contributed by atoms with Gasteiger partial charge in [0.25, 0.3) is 0 Å². The predicted molar refractivity (Wildman–Crippen MR) is 83.0 cm³/mol. The number of carboxylic acid groups (broad SMARTS) is 1. The summed E-state index contributed by atoms with van der Waals surface area (Å²) in [6.07, 6.45) is -1.93. The van der Waals surface area contributed by atoms with Gasteiger partial charge >= 0.3 is 12.1 Å². The number of piperidine rings is 1. The number of halogens is 3. The fourth-order valence-corrected chi connectivity index (χ4v) is 2.86. The van der Waals surface area contributed by atoms with E-state index in [2.05, 4.69) is 4.90 Å². The highest BCUT2D eigenvalue weighted by Crippen LogP contribution is 2.36.